The molecule has 5 nitrogen and oxygen atoms in total. The van der Waals surface area contributed by atoms with Crippen molar-refractivity contribution < 1.29 is 22.5 Å². The first-order valence-electron chi connectivity index (χ1n) is 11.7. The lowest BCUT2D eigenvalue weighted by Crippen LogP contribution is -2.05. The van der Waals surface area contributed by atoms with E-state index < -0.39 is 10.1 Å². The Morgan fingerprint density at radius 3 is 2.00 bits per heavy atom. The zero-order valence-corrected chi connectivity index (χ0v) is 20.1. The Balaban J connectivity index is 2.13. The molecule has 0 bridgehead atoms. The third-order valence-electron chi connectivity index (χ3n) is 5.43. The molecule has 0 fully saturated rings. The standard InChI is InChI=1S/C25H40O5S/c1-3-4-5-6-7-8-9-10-11-12-13-14-15-16-17-18-23(26)22-19-20-25(31(27,28)29)24(21-22)30-2/h10-11,19-21H,3-9,12-18H2,1-2H3,(H,27,28,29)/b11-10-. The summed E-state index contributed by atoms with van der Waals surface area (Å²) in [4.78, 5) is 12.0. The largest absolute Gasteiger partial charge is 0.495 e. The van der Waals surface area contributed by atoms with Crippen LogP contribution in [0.1, 0.15) is 107 Å². The third-order valence-corrected chi connectivity index (χ3v) is 6.32. The predicted octanol–water partition coefficient (Wildman–Crippen LogP) is 7.16. The first-order valence-corrected chi connectivity index (χ1v) is 13.2. The molecule has 0 spiro atoms. The molecule has 31 heavy (non-hydrogen) atoms. The number of rotatable bonds is 18. The number of ether oxygens (including phenoxy) is 1. The van der Waals surface area contributed by atoms with Crippen molar-refractivity contribution in [3.63, 3.8) is 0 Å². The number of unbranched alkanes of at least 4 members (excludes halogenated alkanes) is 11. The molecule has 0 saturated heterocycles. The maximum atomic E-state index is 12.3. The lowest BCUT2D eigenvalue weighted by Gasteiger charge is -2.08. The molecule has 0 atom stereocenters. The van der Waals surface area contributed by atoms with Crippen LogP contribution >= 0.6 is 0 Å². The number of ketones is 1. The fourth-order valence-electron chi connectivity index (χ4n) is 3.55. The van der Waals surface area contributed by atoms with E-state index in [2.05, 4.69) is 19.1 Å². The second kappa shape index (κ2) is 16.0. The summed E-state index contributed by atoms with van der Waals surface area (Å²) in [5.74, 6) is -0.0595. The summed E-state index contributed by atoms with van der Waals surface area (Å²) >= 11 is 0. The second-order valence-corrected chi connectivity index (χ2v) is 9.49. The number of hydrogen-bond donors (Lipinski definition) is 1. The van der Waals surface area contributed by atoms with Gasteiger partial charge in [-0.25, -0.2) is 0 Å². The zero-order valence-electron chi connectivity index (χ0n) is 19.3. The lowest BCUT2D eigenvalue weighted by atomic mass is 10.0. The predicted molar refractivity (Wildman–Crippen MR) is 127 cm³/mol. The van der Waals surface area contributed by atoms with Gasteiger partial charge in [-0.3, -0.25) is 9.35 Å². The molecule has 0 aromatic heterocycles. The van der Waals surface area contributed by atoms with E-state index in [-0.39, 0.29) is 16.4 Å². The van der Waals surface area contributed by atoms with E-state index in [9.17, 15) is 17.8 Å². The minimum absolute atomic E-state index is 0.0158. The summed E-state index contributed by atoms with van der Waals surface area (Å²) in [6, 6.07) is 4.01. The minimum atomic E-state index is -4.37. The Bertz CT molecular complexity index is 768. The summed E-state index contributed by atoms with van der Waals surface area (Å²) in [5.41, 5.74) is 0.403. The Hall–Kier alpha value is -1.66. The molecule has 1 N–H and O–H groups in total. The van der Waals surface area contributed by atoms with E-state index >= 15 is 0 Å². The van der Waals surface area contributed by atoms with Gasteiger partial charge in [0, 0.05) is 12.0 Å². The maximum absolute atomic E-state index is 12.3. The van der Waals surface area contributed by atoms with E-state index in [0.717, 1.165) is 25.7 Å². The highest BCUT2D eigenvalue weighted by Crippen LogP contribution is 2.25. The molecule has 6 heteroatoms. The normalized spacial score (nSPS) is 11.8. The van der Waals surface area contributed by atoms with Crippen LogP contribution in [0.2, 0.25) is 0 Å². The fraction of sp³-hybridized carbons (Fsp3) is 0.640. The Morgan fingerprint density at radius 2 is 1.45 bits per heavy atom. The SMILES string of the molecule is CCCCCCCC/C=C\CCCCCCCC(=O)c1ccc(S(=O)(=O)O)c(OC)c1. The summed E-state index contributed by atoms with van der Waals surface area (Å²) in [6.07, 6.45) is 20.7. The number of carbonyl (C=O) groups is 1. The number of allylic oxidation sites excluding steroid dienone is 2. The summed E-state index contributed by atoms with van der Waals surface area (Å²) in [6.45, 7) is 2.25. The summed E-state index contributed by atoms with van der Waals surface area (Å²) in [5, 5.41) is 0. The Morgan fingerprint density at radius 1 is 0.903 bits per heavy atom. The first-order chi connectivity index (χ1) is 14.9. The third kappa shape index (κ3) is 12.1. The van der Waals surface area contributed by atoms with Gasteiger partial charge in [0.15, 0.2) is 5.78 Å². The summed E-state index contributed by atoms with van der Waals surface area (Å²) < 4.78 is 36.8. The Labute approximate surface area is 189 Å². The number of methoxy groups -OCH3 is 1. The van der Waals surface area contributed by atoms with Gasteiger partial charge in [0.2, 0.25) is 0 Å². The lowest BCUT2D eigenvalue weighted by molar-refractivity contribution is 0.0978. The van der Waals surface area contributed by atoms with Gasteiger partial charge < -0.3 is 4.74 Å². The number of carbonyl (C=O) groups excluding carboxylic acids is 1. The molecular formula is C25H40O5S. The summed E-state index contributed by atoms with van der Waals surface area (Å²) in [7, 11) is -3.07. The van der Waals surface area contributed by atoms with Crippen LogP contribution in [0.4, 0.5) is 0 Å². The highest BCUT2D eigenvalue weighted by molar-refractivity contribution is 7.86. The van der Waals surface area contributed by atoms with Gasteiger partial charge in [0.05, 0.1) is 7.11 Å². The average Bonchev–Trinajstić information content (AvgIpc) is 2.75. The average molecular weight is 453 g/mol. The van der Waals surface area contributed by atoms with Gasteiger partial charge in [-0.05, 0) is 50.3 Å². The molecule has 0 aliphatic carbocycles. The van der Waals surface area contributed by atoms with Crippen LogP contribution in [-0.2, 0) is 10.1 Å². The second-order valence-electron chi connectivity index (χ2n) is 8.10. The van der Waals surface area contributed by atoms with Crippen molar-refractivity contribution >= 4 is 15.9 Å². The van der Waals surface area contributed by atoms with Gasteiger partial charge in [-0.15, -0.1) is 0 Å². The highest BCUT2D eigenvalue weighted by Gasteiger charge is 2.18. The van der Waals surface area contributed by atoms with Gasteiger partial charge >= 0.3 is 0 Å². The van der Waals surface area contributed by atoms with Crippen molar-refractivity contribution in [1.82, 2.24) is 0 Å². The first kappa shape index (κ1) is 27.4. The van der Waals surface area contributed by atoms with Crippen LogP contribution in [-0.4, -0.2) is 25.9 Å². The van der Waals surface area contributed by atoms with Crippen molar-refractivity contribution in [2.45, 2.75) is 102 Å². The zero-order chi connectivity index (χ0) is 23.0. The van der Waals surface area contributed by atoms with Crippen molar-refractivity contribution in [2.75, 3.05) is 7.11 Å². The van der Waals surface area contributed by atoms with E-state index in [0.29, 0.717) is 12.0 Å². The molecule has 0 aliphatic heterocycles. The molecule has 1 aromatic rings. The molecule has 1 rings (SSSR count). The van der Waals surface area contributed by atoms with Gasteiger partial charge in [-0.2, -0.15) is 8.42 Å². The quantitative estimate of drug-likeness (QED) is 0.111. The molecule has 0 heterocycles. The monoisotopic (exact) mass is 452 g/mol. The molecule has 0 aliphatic rings. The van der Waals surface area contributed by atoms with E-state index in [4.69, 9.17) is 4.74 Å². The van der Waals surface area contributed by atoms with Crippen LogP contribution in [0, 0.1) is 0 Å². The molecule has 0 amide bonds. The molecule has 0 saturated carbocycles. The Kier molecular flexibility index (Phi) is 14.2. The van der Waals surface area contributed by atoms with E-state index in [1.165, 1.54) is 83.1 Å². The number of Topliss-reactive ketones (excluding diaryl/α,β-unsaturated/α-hetero) is 1. The molecule has 0 radical (unpaired) electrons. The van der Waals surface area contributed by atoms with Gasteiger partial charge in [0.25, 0.3) is 10.1 Å². The van der Waals surface area contributed by atoms with Crippen molar-refractivity contribution in [3.05, 3.63) is 35.9 Å². The van der Waals surface area contributed by atoms with Crippen LogP contribution < -0.4 is 4.74 Å². The van der Waals surface area contributed by atoms with Crippen LogP contribution in [0.5, 0.6) is 5.75 Å². The maximum Gasteiger partial charge on any atom is 0.298 e. The molecule has 176 valence electrons. The smallest absolute Gasteiger partial charge is 0.298 e. The minimum Gasteiger partial charge on any atom is -0.495 e. The van der Waals surface area contributed by atoms with E-state index in [1.54, 1.807) is 0 Å². The highest BCUT2D eigenvalue weighted by atomic mass is 32.2. The van der Waals surface area contributed by atoms with Gasteiger partial charge in [0.1, 0.15) is 10.6 Å². The number of benzene rings is 1. The van der Waals surface area contributed by atoms with Gasteiger partial charge in [-0.1, -0.05) is 70.4 Å². The molecule has 0 unspecified atom stereocenters. The van der Waals surface area contributed by atoms with Crippen LogP contribution in [0.15, 0.2) is 35.2 Å². The van der Waals surface area contributed by atoms with Crippen molar-refractivity contribution in [3.8, 4) is 5.75 Å². The molecule has 1 aromatic carbocycles. The van der Waals surface area contributed by atoms with E-state index in [1.807, 2.05) is 0 Å². The van der Waals surface area contributed by atoms with Crippen molar-refractivity contribution in [2.24, 2.45) is 0 Å². The number of hydrogen-bond acceptors (Lipinski definition) is 4. The van der Waals surface area contributed by atoms with Crippen LogP contribution in [0.25, 0.3) is 0 Å². The molecular weight excluding hydrogens is 412 g/mol. The van der Waals surface area contributed by atoms with Crippen LogP contribution in [0.3, 0.4) is 0 Å². The fourth-order valence-corrected chi connectivity index (χ4v) is 4.19. The topological polar surface area (TPSA) is 80.7 Å². The van der Waals surface area contributed by atoms with Crippen molar-refractivity contribution in [1.29, 1.82) is 0 Å².